The lowest BCUT2D eigenvalue weighted by atomic mass is 10.0. The summed E-state index contributed by atoms with van der Waals surface area (Å²) in [7, 11) is 0. The van der Waals surface area contributed by atoms with Gasteiger partial charge >= 0.3 is 0 Å². The topological polar surface area (TPSA) is 32.7 Å². The number of aromatic hydroxyl groups is 1. The number of aryl methyl sites for hydroxylation is 1. The lowest BCUT2D eigenvalue weighted by Crippen LogP contribution is -2.33. The third-order valence-electron chi connectivity index (χ3n) is 4.49. The van der Waals surface area contributed by atoms with E-state index in [1.54, 1.807) is 6.07 Å². The summed E-state index contributed by atoms with van der Waals surface area (Å²) >= 11 is 0. The largest absolute Gasteiger partial charge is 0.508 e. The molecule has 2 aromatic rings. The smallest absolute Gasteiger partial charge is 0.119 e. The van der Waals surface area contributed by atoms with Gasteiger partial charge in [-0.1, -0.05) is 24.6 Å². The maximum atomic E-state index is 9.72. The van der Waals surface area contributed by atoms with Crippen LogP contribution in [0.4, 0.5) is 0 Å². The molecule has 1 fully saturated rings. The fraction of sp³-hybridized carbons (Fsp3) is 0.400. The average Bonchev–Trinajstić information content (AvgIpc) is 2.58. The molecule has 23 heavy (non-hydrogen) atoms. The molecule has 1 N–H and O–H groups in total. The summed E-state index contributed by atoms with van der Waals surface area (Å²) in [4.78, 5) is 2.48. The molecule has 0 saturated carbocycles. The molecule has 1 heterocycles. The molecule has 3 heteroatoms. The second-order valence-electron chi connectivity index (χ2n) is 6.28. The highest BCUT2D eigenvalue weighted by atomic mass is 16.5. The number of phenols is 1. The summed E-state index contributed by atoms with van der Waals surface area (Å²) in [5, 5.41) is 9.72. The van der Waals surface area contributed by atoms with Gasteiger partial charge < -0.3 is 9.84 Å². The first kappa shape index (κ1) is 15.9. The van der Waals surface area contributed by atoms with E-state index in [-0.39, 0.29) is 0 Å². The Kier molecular flexibility index (Phi) is 5.19. The van der Waals surface area contributed by atoms with Crippen molar-refractivity contribution in [3.05, 3.63) is 48.0 Å². The number of rotatable bonds is 5. The van der Waals surface area contributed by atoms with E-state index in [0.29, 0.717) is 5.75 Å². The van der Waals surface area contributed by atoms with Gasteiger partial charge in [0.15, 0.2) is 0 Å². The van der Waals surface area contributed by atoms with Crippen molar-refractivity contribution in [1.82, 2.24) is 4.90 Å². The van der Waals surface area contributed by atoms with Gasteiger partial charge in [0, 0.05) is 6.54 Å². The third kappa shape index (κ3) is 4.26. The van der Waals surface area contributed by atoms with Crippen LogP contribution in [-0.4, -0.2) is 36.2 Å². The normalized spacial score (nSPS) is 15.5. The molecule has 1 aliphatic heterocycles. The van der Waals surface area contributed by atoms with Crippen molar-refractivity contribution in [3.8, 4) is 22.6 Å². The Balaban J connectivity index is 1.64. The van der Waals surface area contributed by atoms with Gasteiger partial charge in [-0.25, -0.2) is 0 Å². The zero-order valence-electron chi connectivity index (χ0n) is 13.8. The first-order chi connectivity index (χ1) is 11.2. The van der Waals surface area contributed by atoms with Crippen molar-refractivity contribution in [3.63, 3.8) is 0 Å². The van der Waals surface area contributed by atoms with Crippen LogP contribution in [0.2, 0.25) is 0 Å². The summed E-state index contributed by atoms with van der Waals surface area (Å²) < 4.78 is 5.94. The van der Waals surface area contributed by atoms with Crippen molar-refractivity contribution in [2.45, 2.75) is 26.2 Å². The summed E-state index contributed by atoms with van der Waals surface area (Å²) in [5.41, 5.74) is 3.27. The van der Waals surface area contributed by atoms with Gasteiger partial charge in [0.25, 0.3) is 0 Å². The van der Waals surface area contributed by atoms with E-state index in [2.05, 4.69) is 24.0 Å². The van der Waals surface area contributed by atoms with Crippen LogP contribution in [0.25, 0.3) is 11.1 Å². The van der Waals surface area contributed by atoms with Crippen molar-refractivity contribution in [2.75, 3.05) is 26.2 Å². The average molecular weight is 311 g/mol. The van der Waals surface area contributed by atoms with Gasteiger partial charge in [-0.15, -0.1) is 0 Å². The molecule has 0 spiro atoms. The first-order valence-electron chi connectivity index (χ1n) is 8.47. The van der Waals surface area contributed by atoms with E-state index < -0.39 is 0 Å². The molecule has 2 aromatic carbocycles. The molecule has 0 bridgehead atoms. The van der Waals surface area contributed by atoms with E-state index in [0.717, 1.165) is 35.6 Å². The Bertz CT molecular complexity index is 648. The number of nitrogens with zero attached hydrogens (tertiary/aromatic N) is 1. The number of likely N-dealkylation sites (tertiary alicyclic amines) is 1. The lowest BCUT2D eigenvalue weighted by Gasteiger charge is -2.26. The SMILES string of the molecule is Cc1ccc(O)cc1-c1cccc(OCCN2CCCCC2)c1. The highest BCUT2D eigenvalue weighted by Crippen LogP contribution is 2.29. The van der Waals surface area contributed by atoms with Crippen LogP contribution in [0.1, 0.15) is 24.8 Å². The maximum Gasteiger partial charge on any atom is 0.119 e. The second kappa shape index (κ2) is 7.51. The molecule has 0 amide bonds. The van der Waals surface area contributed by atoms with Crippen LogP contribution in [0.3, 0.4) is 0 Å². The van der Waals surface area contributed by atoms with Gasteiger partial charge in [-0.3, -0.25) is 4.90 Å². The zero-order chi connectivity index (χ0) is 16.1. The molecular weight excluding hydrogens is 286 g/mol. The standard InChI is InChI=1S/C20H25NO2/c1-16-8-9-18(22)15-20(16)17-6-5-7-19(14-17)23-13-12-21-10-3-2-4-11-21/h5-9,14-15,22H,2-4,10-13H2,1H3. The first-order valence-corrected chi connectivity index (χ1v) is 8.47. The number of hydrogen-bond donors (Lipinski definition) is 1. The summed E-state index contributed by atoms with van der Waals surface area (Å²) in [6.07, 6.45) is 3.99. The number of phenolic OH excluding ortho intramolecular Hbond substituents is 1. The quantitative estimate of drug-likeness (QED) is 0.897. The predicted octanol–water partition coefficient (Wildman–Crippen LogP) is 4.23. The van der Waals surface area contributed by atoms with Gasteiger partial charge in [-0.05, 0) is 73.8 Å². The number of benzene rings is 2. The molecule has 3 rings (SSSR count). The third-order valence-corrected chi connectivity index (χ3v) is 4.49. The fourth-order valence-corrected chi connectivity index (χ4v) is 3.15. The van der Waals surface area contributed by atoms with E-state index in [9.17, 15) is 5.11 Å². The van der Waals surface area contributed by atoms with Gasteiger partial charge in [-0.2, -0.15) is 0 Å². The zero-order valence-corrected chi connectivity index (χ0v) is 13.8. The lowest BCUT2D eigenvalue weighted by molar-refractivity contribution is 0.183. The van der Waals surface area contributed by atoms with Crippen LogP contribution in [0.5, 0.6) is 11.5 Å². The second-order valence-corrected chi connectivity index (χ2v) is 6.28. The van der Waals surface area contributed by atoms with Crippen LogP contribution in [0.15, 0.2) is 42.5 Å². The summed E-state index contributed by atoms with van der Waals surface area (Å²) in [5.74, 6) is 1.18. The molecule has 1 saturated heterocycles. The van der Waals surface area contributed by atoms with E-state index >= 15 is 0 Å². The molecule has 122 valence electrons. The Labute approximate surface area is 138 Å². The fourth-order valence-electron chi connectivity index (χ4n) is 3.15. The van der Waals surface area contributed by atoms with Crippen molar-refractivity contribution < 1.29 is 9.84 Å². The maximum absolute atomic E-state index is 9.72. The Morgan fingerprint density at radius 3 is 2.70 bits per heavy atom. The Morgan fingerprint density at radius 2 is 1.87 bits per heavy atom. The number of hydrogen-bond acceptors (Lipinski definition) is 3. The van der Waals surface area contributed by atoms with Gasteiger partial charge in [0.1, 0.15) is 18.1 Å². The van der Waals surface area contributed by atoms with Crippen LogP contribution < -0.4 is 4.74 Å². The molecule has 0 unspecified atom stereocenters. The molecule has 0 radical (unpaired) electrons. The van der Waals surface area contributed by atoms with Crippen molar-refractivity contribution in [2.24, 2.45) is 0 Å². The number of piperidine rings is 1. The van der Waals surface area contributed by atoms with E-state index in [4.69, 9.17) is 4.74 Å². The minimum absolute atomic E-state index is 0.294. The minimum atomic E-state index is 0.294. The molecule has 0 atom stereocenters. The minimum Gasteiger partial charge on any atom is -0.508 e. The molecule has 1 aliphatic rings. The molecule has 3 nitrogen and oxygen atoms in total. The van der Waals surface area contributed by atoms with Gasteiger partial charge in [0.05, 0.1) is 0 Å². The van der Waals surface area contributed by atoms with Crippen LogP contribution >= 0.6 is 0 Å². The summed E-state index contributed by atoms with van der Waals surface area (Å²) in [6.45, 7) is 6.17. The molecule has 0 aromatic heterocycles. The molecule has 0 aliphatic carbocycles. The van der Waals surface area contributed by atoms with Crippen molar-refractivity contribution >= 4 is 0 Å². The number of ether oxygens (including phenoxy) is 1. The monoisotopic (exact) mass is 311 g/mol. The Morgan fingerprint density at radius 1 is 1.04 bits per heavy atom. The highest BCUT2D eigenvalue weighted by molar-refractivity contribution is 5.69. The molecular formula is C20H25NO2. The summed E-state index contributed by atoms with van der Waals surface area (Å²) in [6, 6.07) is 13.6. The van der Waals surface area contributed by atoms with Crippen molar-refractivity contribution in [1.29, 1.82) is 0 Å². The highest BCUT2D eigenvalue weighted by Gasteiger charge is 2.10. The van der Waals surface area contributed by atoms with E-state index in [1.165, 1.54) is 32.4 Å². The van der Waals surface area contributed by atoms with E-state index in [1.807, 2.05) is 24.3 Å². The Hall–Kier alpha value is -2.00. The van der Waals surface area contributed by atoms with Crippen LogP contribution in [0, 0.1) is 6.92 Å². The van der Waals surface area contributed by atoms with Gasteiger partial charge in [0.2, 0.25) is 0 Å². The predicted molar refractivity (Wildman–Crippen MR) is 94.1 cm³/mol. The van der Waals surface area contributed by atoms with Crippen LogP contribution in [-0.2, 0) is 0 Å².